The van der Waals surface area contributed by atoms with E-state index in [0.717, 1.165) is 44.0 Å². The van der Waals surface area contributed by atoms with E-state index in [2.05, 4.69) is 43.9 Å². The van der Waals surface area contributed by atoms with Crippen LogP contribution in [0.5, 0.6) is 0 Å². The molecule has 154 valence electrons. The average molecular weight is 396 g/mol. The van der Waals surface area contributed by atoms with E-state index in [1.54, 1.807) is 7.05 Å². The van der Waals surface area contributed by atoms with Crippen molar-refractivity contribution in [3.05, 3.63) is 50.7 Å². The SMILES string of the molecule is CCCCCn1c(=O)c2c(nc3n2C[C@@H](C)CN3c2cccc(C)c2)n(C)c1=O. The summed E-state index contributed by atoms with van der Waals surface area (Å²) in [5.74, 6) is 1.09. The number of imidazole rings is 1. The molecule has 2 aromatic heterocycles. The maximum Gasteiger partial charge on any atom is 0.332 e. The molecule has 3 aromatic rings. The number of benzene rings is 1. The highest BCUT2D eigenvalue weighted by molar-refractivity contribution is 5.77. The van der Waals surface area contributed by atoms with E-state index in [1.807, 2.05) is 10.6 Å². The van der Waals surface area contributed by atoms with Gasteiger partial charge in [-0.25, -0.2) is 4.79 Å². The summed E-state index contributed by atoms with van der Waals surface area (Å²) < 4.78 is 4.90. The highest BCUT2D eigenvalue weighted by atomic mass is 16.2. The molecule has 0 bridgehead atoms. The zero-order valence-corrected chi connectivity index (χ0v) is 17.7. The summed E-state index contributed by atoms with van der Waals surface area (Å²) in [6.45, 7) is 8.35. The van der Waals surface area contributed by atoms with Gasteiger partial charge >= 0.3 is 5.69 Å². The summed E-state index contributed by atoms with van der Waals surface area (Å²) in [6.07, 6.45) is 2.86. The molecule has 1 aliphatic rings. The van der Waals surface area contributed by atoms with Crippen LogP contribution >= 0.6 is 0 Å². The molecule has 0 radical (unpaired) electrons. The average Bonchev–Trinajstić information content (AvgIpc) is 3.08. The Labute approximate surface area is 170 Å². The van der Waals surface area contributed by atoms with Crippen LogP contribution in [0.15, 0.2) is 33.9 Å². The maximum atomic E-state index is 13.3. The molecular formula is C22H29N5O2. The van der Waals surface area contributed by atoms with Crippen molar-refractivity contribution in [1.82, 2.24) is 18.7 Å². The zero-order valence-electron chi connectivity index (χ0n) is 17.7. The first kappa shape index (κ1) is 19.5. The lowest BCUT2D eigenvalue weighted by Gasteiger charge is -2.33. The van der Waals surface area contributed by atoms with E-state index in [-0.39, 0.29) is 11.2 Å². The van der Waals surface area contributed by atoms with Crippen LogP contribution in [0, 0.1) is 12.8 Å². The Morgan fingerprint density at radius 1 is 1.17 bits per heavy atom. The number of rotatable bonds is 5. The van der Waals surface area contributed by atoms with Crippen molar-refractivity contribution < 1.29 is 0 Å². The third-order valence-corrected chi connectivity index (χ3v) is 5.74. The van der Waals surface area contributed by atoms with Gasteiger partial charge < -0.3 is 9.47 Å². The Bertz CT molecular complexity index is 1170. The van der Waals surface area contributed by atoms with Crippen molar-refractivity contribution in [2.75, 3.05) is 11.4 Å². The van der Waals surface area contributed by atoms with Crippen molar-refractivity contribution in [3.63, 3.8) is 0 Å². The van der Waals surface area contributed by atoms with Gasteiger partial charge in [-0.1, -0.05) is 38.8 Å². The van der Waals surface area contributed by atoms with Crippen molar-refractivity contribution in [2.45, 2.75) is 53.1 Å². The molecule has 1 aliphatic heterocycles. The number of unbranched alkanes of at least 4 members (excludes halogenated alkanes) is 2. The van der Waals surface area contributed by atoms with Crippen molar-refractivity contribution in [3.8, 4) is 0 Å². The van der Waals surface area contributed by atoms with E-state index in [1.165, 1.54) is 14.7 Å². The van der Waals surface area contributed by atoms with Crippen molar-refractivity contribution in [2.24, 2.45) is 13.0 Å². The number of hydrogen-bond acceptors (Lipinski definition) is 4. The Morgan fingerprint density at radius 2 is 1.97 bits per heavy atom. The lowest BCUT2D eigenvalue weighted by atomic mass is 10.1. The fraction of sp³-hybridized carbons (Fsp3) is 0.500. The number of fused-ring (bicyclic) bond motifs is 3. The van der Waals surface area contributed by atoms with Crippen molar-refractivity contribution in [1.29, 1.82) is 0 Å². The number of hydrogen-bond donors (Lipinski definition) is 0. The summed E-state index contributed by atoms with van der Waals surface area (Å²) >= 11 is 0. The smallest absolute Gasteiger partial charge is 0.312 e. The third-order valence-electron chi connectivity index (χ3n) is 5.74. The number of anilines is 2. The molecular weight excluding hydrogens is 366 g/mol. The molecule has 0 fully saturated rings. The molecule has 7 nitrogen and oxygen atoms in total. The molecule has 0 amide bonds. The van der Waals surface area contributed by atoms with Gasteiger partial charge in [0, 0.05) is 32.4 Å². The first-order valence-corrected chi connectivity index (χ1v) is 10.5. The van der Waals surface area contributed by atoms with Gasteiger partial charge in [-0.3, -0.25) is 13.9 Å². The largest absolute Gasteiger partial charge is 0.332 e. The molecule has 4 rings (SSSR count). The second kappa shape index (κ2) is 7.54. The molecule has 3 heterocycles. The highest BCUT2D eigenvalue weighted by Crippen LogP contribution is 2.33. The first-order chi connectivity index (χ1) is 13.9. The lowest BCUT2D eigenvalue weighted by Crippen LogP contribution is -2.40. The zero-order chi connectivity index (χ0) is 20.7. The molecule has 1 aromatic carbocycles. The van der Waals surface area contributed by atoms with Crippen LogP contribution in [0.25, 0.3) is 11.2 Å². The lowest BCUT2D eigenvalue weighted by molar-refractivity contribution is 0.457. The Kier molecular flexibility index (Phi) is 5.06. The molecule has 7 heteroatoms. The minimum absolute atomic E-state index is 0.226. The number of nitrogens with zero attached hydrogens (tertiary/aromatic N) is 5. The fourth-order valence-corrected chi connectivity index (χ4v) is 4.24. The standard InChI is InChI=1S/C22H29N5O2/c1-5-6-7-11-25-20(28)18-19(24(4)22(25)29)23-21-26(13-16(3)14-27(18)21)17-10-8-9-15(2)12-17/h8-10,12,16H,5-7,11,13-14H2,1-4H3/t16-/m0/s1. The second-order valence-corrected chi connectivity index (χ2v) is 8.25. The van der Waals surface area contributed by atoms with Crippen LogP contribution in [0.2, 0.25) is 0 Å². The Balaban J connectivity index is 1.93. The first-order valence-electron chi connectivity index (χ1n) is 10.5. The molecule has 29 heavy (non-hydrogen) atoms. The summed E-state index contributed by atoms with van der Waals surface area (Å²) in [5.41, 5.74) is 2.71. The predicted octanol–water partition coefficient (Wildman–Crippen LogP) is 3.18. The van der Waals surface area contributed by atoms with E-state index in [0.29, 0.717) is 23.6 Å². The predicted molar refractivity (Wildman–Crippen MR) is 116 cm³/mol. The maximum absolute atomic E-state index is 13.3. The summed E-state index contributed by atoms with van der Waals surface area (Å²) in [5, 5.41) is 0. The highest BCUT2D eigenvalue weighted by Gasteiger charge is 2.29. The molecule has 0 aliphatic carbocycles. The molecule has 0 spiro atoms. The van der Waals surface area contributed by atoms with E-state index in [9.17, 15) is 9.59 Å². The van der Waals surface area contributed by atoms with Gasteiger partial charge in [0.25, 0.3) is 5.56 Å². The number of aryl methyl sites for hydroxylation is 2. The fourth-order valence-electron chi connectivity index (χ4n) is 4.24. The molecule has 0 saturated carbocycles. The van der Waals surface area contributed by atoms with Gasteiger partial charge in [0.15, 0.2) is 11.2 Å². The normalized spacial score (nSPS) is 16.4. The quantitative estimate of drug-likeness (QED) is 0.623. The number of aromatic nitrogens is 4. The van der Waals surface area contributed by atoms with E-state index < -0.39 is 0 Å². The summed E-state index contributed by atoms with van der Waals surface area (Å²) in [7, 11) is 1.71. The Hall–Kier alpha value is -2.83. The molecule has 1 atom stereocenters. The summed E-state index contributed by atoms with van der Waals surface area (Å²) in [6, 6.07) is 8.30. The third kappa shape index (κ3) is 3.28. The van der Waals surface area contributed by atoms with Gasteiger partial charge in [0.05, 0.1) is 0 Å². The van der Waals surface area contributed by atoms with Crippen LogP contribution in [-0.2, 0) is 20.1 Å². The van der Waals surface area contributed by atoms with Gasteiger partial charge in [-0.05, 0) is 37.0 Å². The molecule has 0 unspecified atom stereocenters. The van der Waals surface area contributed by atoms with Crippen LogP contribution in [0.1, 0.15) is 38.7 Å². The van der Waals surface area contributed by atoms with Crippen LogP contribution < -0.4 is 16.1 Å². The van der Waals surface area contributed by atoms with Crippen LogP contribution in [0.3, 0.4) is 0 Å². The van der Waals surface area contributed by atoms with Crippen LogP contribution in [-0.4, -0.2) is 25.2 Å². The van der Waals surface area contributed by atoms with Crippen molar-refractivity contribution >= 4 is 22.8 Å². The minimum Gasteiger partial charge on any atom is -0.312 e. The monoisotopic (exact) mass is 395 g/mol. The minimum atomic E-state index is -0.288. The van der Waals surface area contributed by atoms with E-state index in [4.69, 9.17) is 4.98 Å². The van der Waals surface area contributed by atoms with Gasteiger partial charge in [0.1, 0.15) is 0 Å². The summed E-state index contributed by atoms with van der Waals surface area (Å²) in [4.78, 5) is 33.1. The Morgan fingerprint density at radius 3 is 2.69 bits per heavy atom. The van der Waals surface area contributed by atoms with E-state index >= 15 is 0 Å². The van der Waals surface area contributed by atoms with Crippen LogP contribution in [0.4, 0.5) is 11.6 Å². The van der Waals surface area contributed by atoms with Gasteiger partial charge in [-0.2, -0.15) is 4.98 Å². The molecule has 0 saturated heterocycles. The van der Waals surface area contributed by atoms with Gasteiger partial charge in [-0.15, -0.1) is 0 Å². The second-order valence-electron chi connectivity index (χ2n) is 8.25. The topological polar surface area (TPSA) is 65.1 Å². The van der Waals surface area contributed by atoms with Gasteiger partial charge in [0.2, 0.25) is 5.95 Å². The molecule has 0 N–H and O–H groups in total.